The van der Waals surface area contributed by atoms with E-state index < -0.39 is 10.0 Å². The van der Waals surface area contributed by atoms with Gasteiger partial charge in [0, 0.05) is 19.5 Å². The van der Waals surface area contributed by atoms with Gasteiger partial charge in [-0.3, -0.25) is 4.79 Å². The van der Waals surface area contributed by atoms with Crippen LogP contribution < -0.4 is 24.3 Å². The summed E-state index contributed by atoms with van der Waals surface area (Å²) < 4.78 is 54.8. The summed E-state index contributed by atoms with van der Waals surface area (Å²) in [6.07, 6.45) is 0.371. The lowest BCUT2D eigenvalue weighted by molar-refractivity contribution is -0.116. The van der Waals surface area contributed by atoms with Crippen LogP contribution >= 0.6 is 0 Å². The molecule has 1 N–H and O–H groups in total. The minimum atomic E-state index is -3.74. The molecular weight excluding hydrogens is 488 g/mol. The quantitative estimate of drug-likeness (QED) is 0.479. The molecule has 1 heterocycles. The molecule has 1 aliphatic rings. The van der Waals surface area contributed by atoms with Crippen molar-refractivity contribution in [1.29, 1.82) is 0 Å². The van der Waals surface area contributed by atoms with E-state index in [-0.39, 0.29) is 36.4 Å². The van der Waals surface area contributed by atoms with Crippen molar-refractivity contribution in [3.05, 3.63) is 35.9 Å². The predicted molar refractivity (Wildman–Crippen MR) is 135 cm³/mol. The number of rotatable bonds is 11. The third kappa shape index (κ3) is 6.59. The number of morpholine rings is 1. The molecule has 198 valence electrons. The second kappa shape index (κ2) is 12.3. The van der Waals surface area contributed by atoms with Crippen LogP contribution in [0.2, 0.25) is 0 Å². The Balaban J connectivity index is 1.80. The normalized spacial score (nSPS) is 14.4. The largest absolute Gasteiger partial charge is 0.493 e. The Bertz CT molecular complexity index is 1140. The van der Waals surface area contributed by atoms with Gasteiger partial charge in [-0.15, -0.1) is 0 Å². The van der Waals surface area contributed by atoms with Gasteiger partial charge in [0.1, 0.15) is 5.75 Å². The van der Waals surface area contributed by atoms with Crippen LogP contribution in [0.1, 0.15) is 25.8 Å². The highest BCUT2D eigenvalue weighted by atomic mass is 32.2. The summed E-state index contributed by atoms with van der Waals surface area (Å²) in [5, 5.41) is 2.82. The Morgan fingerprint density at radius 3 is 2.19 bits per heavy atom. The maximum absolute atomic E-state index is 13.1. The molecule has 11 heteroatoms. The van der Waals surface area contributed by atoms with E-state index in [1.54, 1.807) is 18.2 Å². The molecule has 36 heavy (non-hydrogen) atoms. The maximum Gasteiger partial charge on any atom is 0.243 e. The molecule has 1 saturated heterocycles. The standard InChI is InChI=1S/C25H34N2O8S/c1-17(2)35-21-8-7-19(36(29,30)27-10-12-34-13-11-27)16-20(21)26-24(28)9-6-18-14-22(31-3)25(33-5)23(15-18)32-4/h7-8,14-17H,6,9-13H2,1-5H3,(H,26,28). The lowest BCUT2D eigenvalue weighted by Crippen LogP contribution is -2.40. The van der Waals surface area contributed by atoms with Gasteiger partial charge in [0.25, 0.3) is 0 Å². The monoisotopic (exact) mass is 522 g/mol. The third-order valence-electron chi connectivity index (χ3n) is 5.56. The molecule has 2 aromatic rings. The molecule has 0 spiro atoms. The summed E-state index contributed by atoms with van der Waals surface area (Å²) in [5.74, 6) is 1.58. The Kier molecular flexibility index (Phi) is 9.41. The second-order valence-corrected chi connectivity index (χ2v) is 10.4. The first-order valence-electron chi connectivity index (χ1n) is 11.7. The van der Waals surface area contributed by atoms with Gasteiger partial charge in [0.2, 0.25) is 21.7 Å². The summed E-state index contributed by atoms with van der Waals surface area (Å²) in [6, 6.07) is 8.09. The third-order valence-corrected chi connectivity index (χ3v) is 7.46. The van der Waals surface area contributed by atoms with Crippen molar-refractivity contribution in [1.82, 2.24) is 4.31 Å². The van der Waals surface area contributed by atoms with E-state index in [0.717, 1.165) is 5.56 Å². The smallest absolute Gasteiger partial charge is 0.243 e. The average molecular weight is 523 g/mol. The van der Waals surface area contributed by atoms with Crippen LogP contribution in [-0.4, -0.2) is 72.4 Å². The predicted octanol–water partition coefficient (Wildman–Crippen LogP) is 3.09. The number of benzene rings is 2. The highest BCUT2D eigenvalue weighted by Gasteiger charge is 2.27. The van der Waals surface area contributed by atoms with E-state index in [0.29, 0.717) is 48.3 Å². The highest BCUT2D eigenvalue weighted by molar-refractivity contribution is 7.89. The fourth-order valence-corrected chi connectivity index (χ4v) is 5.24. The van der Waals surface area contributed by atoms with Gasteiger partial charge in [-0.05, 0) is 56.2 Å². The number of carbonyl (C=O) groups is 1. The van der Waals surface area contributed by atoms with Gasteiger partial charge in [0.15, 0.2) is 11.5 Å². The average Bonchev–Trinajstić information content (AvgIpc) is 2.87. The fourth-order valence-electron chi connectivity index (χ4n) is 3.81. The summed E-state index contributed by atoms with van der Waals surface area (Å²) in [7, 11) is 0.849. The van der Waals surface area contributed by atoms with Crippen LogP contribution in [0.4, 0.5) is 5.69 Å². The maximum atomic E-state index is 13.1. The van der Waals surface area contributed by atoms with E-state index in [1.807, 2.05) is 13.8 Å². The molecular formula is C25H34N2O8S. The summed E-state index contributed by atoms with van der Waals surface area (Å²) >= 11 is 0. The van der Waals surface area contributed by atoms with E-state index in [4.69, 9.17) is 23.7 Å². The zero-order valence-corrected chi connectivity index (χ0v) is 22.1. The van der Waals surface area contributed by atoms with Crippen LogP contribution in [-0.2, 0) is 26.0 Å². The first-order chi connectivity index (χ1) is 17.2. The zero-order valence-electron chi connectivity index (χ0n) is 21.3. The van der Waals surface area contributed by atoms with Gasteiger partial charge >= 0.3 is 0 Å². The number of nitrogens with zero attached hydrogens (tertiary/aromatic N) is 1. The lowest BCUT2D eigenvalue weighted by atomic mass is 10.1. The van der Waals surface area contributed by atoms with E-state index in [1.165, 1.54) is 37.8 Å². The van der Waals surface area contributed by atoms with Crippen LogP contribution in [0.3, 0.4) is 0 Å². The first-order valence-corrected chi connectivity index (χ1v) is 13.1. The zero-order chi connectivity index (χ0) is 26.3. The van der Waals surface area contributed by atoms with Gasteiger partial charge in [-0.2, -0.15) is 4.31 Å². The number of ether oxygens (including phenoxy) is 5. The number of methoxy groups -OCH3 is 3. The molecule has 0 unspecified atom stereocenters. The number of aryl methyl sites for hydroxylation is 1. The van der Waals surface area contributed by atoms with Crippen LogP contribution in [0.25, 0.3) is 0 Å². The number of nitrogens with one attached hydrogen (secondary N) is 1. The molecule has 1 fully saturated rings. The summed E-state index contributed by atoms with van der Waals surface area (Å²) in [4.78, 5) is 13.0. The van der Waals surface area contributed by atoms with Gasteiger partial charge in [0.05, 0.1) is 51.2 Å². The van der Waals surface area contributed by atoms with Gasteiger partial charge in [-0.1, -0.05) is 0 Å². The second-order valence-electron chi connectivity index (χ2n) is 8.42. The molecule has 1 aliphatic heterocycles. The number of amides is 1. The molecule has 0 radical (unpaired) electrons. The van der Waals surface area contributed by atoms with Crippen molar-refractivity contribution in [2.75, 3.05) is 52.9 Å². The molecule has 3 rings (SSSR count). The lowest BCUT2D eigenvalue weighted by Gasteiger charge is -2.26. The number of hydrogen-bond acceptors (Lipinski definition) is 8. The molecule has 0 bridgehead atoms. The minimum Gasteiger partial charge on any atom is -0.493 e. The van der Waals surface area contributed by atoms with Crippen molar-refractivity contribution in [2.45, 2.75) is 37.7 Å². The number of sulfonamides is 1. The van der Waals surface area contributed by atoms with Crippen molar-refractivity contribution in [2.24, 2.45) is 0 Å². The molecule has 0 aromatic heterocycles. The molecule has 2 aromatic carbocycles. The molecule has 1 amide bonds. The topological polar surface area (TPSA) is 113 Å². The number of anilines is 1. The van der Waals surface area contributed by atoms with Crippen molar-refractivity contribution in [3.63, 3.8) is 0 Å². The SMILES string of the molecule is COc1cc(CCC(=O)Nc2cc(S(=O)(=O)N3CCOCC3)ccc2OC(C)C)cc(OC)c1OC. The van der Waals surface area contributed by atoms with Gasteiger partial charge in [-0.25, -0.2) is 8.42 Å². The Morgan fingerprint density at radius 1 is 1.00 bits per heavy atom. The van der Waals surface area contributed by atoms with Crippen LogP contribution in [0.5, 0.6) is 23.0 Å². The highest BCUT2D eigenvalue weighted by Crippen LogP contribution is 2.38. The number of carbonyl (C=O) groups excluding carboxylic acids is 1. The first kappa shape index (κ1) is 27.6. The summed E-state index contributed by atoms with van der Waals surface area (Å²) in [5.41, 5.74) is 1.12. The fraction of sp³-hybridized carbons (Fsp3) is 0.480. The molecule has 0 saturated carbocycles. The van der Waals surface area contributed by atoms with Crippen molar-refractivity contribution in [3.8, 4) is 23.0 Å². The van der Waals surface area contributed by atoms with Crippen molar-refractivity contribution >= 4 is 21.6 Å². The van der Waals surface area contributed by atoms with E-state index in [2.05, 4.69) is 5.32 Å². The molecule has 10 nitrogen and oxygen atoms in total. The number of hydrogen-bond donors (Lipinski definition) is 1. The minimum absolute atomic E-state index is 0.0837. The van der Waals surface area contributed by atoms with Crippen molar-refractivity contribution < 1.29 is 36.9 Å². The van der Waals surface area contributed by atoms with E-state index in [9.17, 15) is 13.2 Å². The summed E-state index contributed by atoms with van der Waals surface area (Å²) in [6.45, 7) is 4.96. The molecule has 0 atom stereocenters. The Labute approximate surface area is 212 Å². The Hall–Kier alpha value is -3.02. The van der Waals surface area contributed by atoms with Crippen LogP contribution in [0, 0.1) is 0 Å². The molecule has 0 aliphatic carbocycles. The van der Waals surface area contributed by atoms with E-state index >= 15 is 0 Å². The van der Waals surface area contributed by atoms with Crippen LogP contribution in [0.15, 0.2) is 35.2 Å². The Morgan fingerprint density at radius 2 is 1.64 bits per heavy atom. The van der Waals surface area contributed by atoms with Gasteiger partial charge < -0.3 is 29.0 Å².